The molecule has 0 bridgehead atoms. The molecule has 1 aromatic rings. The largest absolute Gasteiger partial charge is 0.379 e. The van der Waals surface area contributed by atoms with Crippen molar-refractivity contribution in [2.24, 2.45) is 0 Å². The van der Waals surface area contributed by atoms with E-state index in [4.69, 9.17) is 4.74 Å². The molecule has 0 spiro atoms. The summed E-state index contributed by atoms with van der Waals surface area (Å²) in [5, 5.41) is 2.57. The minimum absolute atomic E-state index is 0.0521. The topological polar surface area (TPSA) is 122 Å². The van der Waals surface area contributed by atoms with Crippen LogP contribution in [0.4, 0.5) is 0 Å². The Bertz CT molecular complexity index is 877. The van der Waals surface area contributed by atoms with Crippen LogP contribution in [0.25, 0.3) is 0 Å². The Labute approximate surface area is 160 Å². The van der Waals surface area contributed by atoms with Crippen LogP contribution in [0.3, 0.4) is 0 Å². The fraction of sp³-hybridized carbons (Fsp3) is 0.562. The zero-order valence-corrected chi connectivity index (χ0v) is 17.0. The number of benzene rings is 1. The third-order valence-electron chi connectivity index (χ3n) is 4.07. The molecule has 0 aliphatic carbocycles. The third kappa shape index (κ3) is 5.98. The van der Waals surface area contributed by atoms with Crippen LogP contribution in [0.5, 0.6) is 0 Å². The predicted molar refractivity (Wildman–Crippen MR) is 101 cm³/mol. The number of rotatable bonds is 8. The highest BCUT2D eigenvalue weighted by Crippen LogP contribution is 2.23. The first-order chi connectivity index (χ1) is 12.6. The SMILES string of the molecule is CCc1ccc(C(=O)NCCNS(C)(=O)=O)cc1S(=O)(=O)N1CCOCC1. The van der Waals surface area contributed by atoms with Gasteiger partial charge in [-0.25, -0.2) is 21.6 Å². The Morgan fingerprint density at radius 1 is 1.15 bits per heavy atom. The van der Waals surface area contributed by atoms with Crippen LogP contribution < -0.4 is 10.0 Å². The van der Waals surface area contributed by atoms with Crippen molar-refractivity contribution in [3.8, 4) is 0 Å². The van der Waals surface area contributed by atoms with Crippen molar-refractivity contribution in [3.05, 3.63) is 29.3 Å². The van der Waals surface area contributed by atoms with Gasteiger partial charge in [0.05, 0.1) is 24.4 Å². The molecule has 2 rings (SSSR count). The van der Waals surface area contributed by atoms with Crippen LogP contribution in [0, 0.1) is 0 Å². The van der Waals surface area contributed by atoms with E-state index in [0.717, 1.165) is 6.26 Å². The van der Waals surface area contributed by atoms with Gasteiger partial charge < -0.3 is 10.1 Å². The quantitative estimate of drug-likeness (QED) is 0.551. The molecule has 152 valence electrons. The van der Waals surface area contributed by atoms with E-state index in [1.165, 1.54) is 10.4 Å². The van der Waals surface area contributed by atoms with Gasteiger partial charge in [0.15, 0.2) is 0 Å². The molecule has 27 heavy (non-hydrogen) atoms. The lowest BCUT2D eigenvalue weighted by Crippen LogP contribution is -2.41. The summed E-state index contributed by atoms with van der Waals surface area (Å²) in [7, 11) is -7.05. The molecule has 1 aromatic carbocycles. The van der Waals surface area contributed by atoms with Gasteiger partial charge in [-0.1, -0.05) is 13.0 Å². The number of morpholine rings is 1. The number of hydrogen-bond donors (Lipinski definition) is 2. The Hall–Kier alpha value is -1.53. The molecule has 1 amide bonds. The smallest absolute Gasteiger partial charge is 0.251 e. The molecular weight excluding hydrogens is 394 g/mol. The Kier molecular flexibility index (Phi) is 7.34. The number of ether oxygens (including phenoxy) is 1. The van der Waals surface area contributed by atoms with Crippen molar-refractivity contribution in [1.82, 2.24) is 14.3 Å². The van der Waals surface area contributed by atoms with Crippen molar-refractivity contribution in [3.63, 3.8) is 0 Å². The average molecular weight is 420 g/mol. The van der Waals surface area contributed by atoms with E-state index >= 15 is 0 Å². The van der Waals surface area contributed by atoms with E-state index in [1.807, 2.05) is 6.92 Å². The zero-order valence-electron chi connectivity index (χ0n) is 15.4. The molecule has 1 saturated heterocycles. The van der Waals surface area contributed by atoms with Gasteiger partial charge >= 0.3 is 0 Å². The molecule has 0 saturated carbocycles. The highest BCUT2D eigenvalue weighted by molar-refractivity contribution is 7.89. The summed E-state index contributed by atoms with van der Waals surface area (Å²) in [6.07, 6.45) is 1.54. The first-order valence-corrected chi connectivity index (χ1v) is 11.9. The van der Waals surface area contributed by atoms with E-state index in [1.54, 1.807) is 12.1 Å². The zero-order chi connectivity index (χ0) is 20.1. The third-order valence-corrected chi connectivity index (χ3v) is 6.78. The van der Waals surface area contributed by atoms with Crippen molar-refractivity contribution < 1.29 is 26.4 Å². The number of carbonyl (C=O) groups excluding carboxylic acids is 1. The van der Waals surface area contributed by atoms with Gasteiger partial charge in [-0.15, -0.1) is 0 Å². The second kappa shape index (κ2) is 9.11. The number of aryl methyl sites for hydroxylation is 1. The minimum Gasteiger partial charge on any atom is -0.379 e. The van der Waals surface area contributed by atoms with Crippen molar-refractivity contribution in [2.75, 3.05) is 45.6 Å². The van der Waals surface area contributed by atoms with E-state index in [2.05, 4.69) is 10.0 Å². The molecule has 1 heterocycles. The van der Waals surface area contributed by atoms with Crippen LogP contribution in [-0.2, 0) is 31.2 Å². The molecule has 1 fully saturated rings. The van der Waals surface area contributed by atoms with E-state index in [9.17, 15) is 21.6 Å². The van der Waals surface area contributed by atoms with Crippen molar-refractivity contribution in [2.45, 2.75) is 18.2 Å². The second-order valence-electron chi connectivity index (χ2n) is 6.11. The Morgan fingerprint density at radius 2 is 1.81 bits per heavy atom. The maximum absolute atomic E-state index is 13.0. The van der Waals surface area contributed by atoms with Crippen LogP contribution in [-0.4, -0.2) is 72.7 Å². The number of hydrogen-bond acceptors (Lipinski definition) is 6. The fourth-order valence-corrected chi connectivity index (χ4v) is 4.87. The predicted octanol–water partition coefficient (Wildman–Crippen LogP) is -0.451. The lowest BCUT2D eigenvalue weighted by molar-refractivity contribution is 0.0730. The summed E-state index contributed by atoms with van der Waals surface area (Å²) in [6.45, 7) is 3.23. The van der Waals surface area contributed by atoms with E-state index in [0.29, 0.717) is 25.2 Å². The van der Waals surface area contributed by atoms with Gasteiger partial charge in [-0.05, 0) is 24.1 Å². The Morgan fingerprint density at radius 3 is 2.41 bits per heavy atom. The molecule has 1 aliphatic heterocycles. The number of nitrogens with zero attached hydrogens (tertiary/aromatic N) is 1. The Balaban J connectivity index is 2.17. The average Bonchev–Trinajstić information content (AvgIpc) is 2.64. The number of nitrogens with one attached hydrogen (secondary N) is 2. The first kappa shape index (κ1) is 21.8. The van der Waals surface area contributed by atoms with Gasteiger partial charge in [0.2, 0.25) is 20.0 Å². The van der Waals surface area contributed by atoms with E-state index in [-0.39, 0.29) is 36.6 Å². The fourth-order valence-electron chi connectivity index (χ4n) is 2.67. The molecule has 0 atom stereocenters. The molecular formula is C16H25N3O6S2. The molecule has 0 radical (unpaired) electrons. The summed E-state index contributed by atoms with van der Waals surface area (Å²) < 4.78 is 56.8. The van der Waals surface area contributed by atoms with Gasteiger partial charge in [0, 0.05) is 31.7 Å². The maximum atomic E-state index is 13.0. The summed E-state index contributed by atoms with van der Waals surface area (Å²) in [5.41, 5.74) is 0.843. The molecule has 9 nitrogen and oxygen atoms in total. The van der Waals surface area contributed by atoms with Crippen LogP contribution in [0.2, 0.25) is 0 Å². The van der Waals surface area contributed by atoms with Crippen LogP contribution >= 0.6 is 0 Å². The second-order valence-corrected chi connectivity index (χ2v) is 9.85. The summed E-state index contributed by atoms with van der Waals surface area (Å²) in [6, 6.07) is 4.58. The maximum Gasteiger partial charge on any atom is 0.251 e. The van der Waals surface area contributed by atoms with Gasteiger partial charge in [0.25, 0.3) is 5.91 Å². The van der Waals surface area contributed by atoms with Gasteiger partial charge in [-0.2, -0.15) is 4.31 Å². The number of sulfonamides is 2. The highest BCUT2D eigenvalue weighted by Gasteiger charge is 2.29. The standard InChI is InChI=1S/C16H25N3O6S2/c1-3-13-4-5-14(16(20)17-6-7-18-26(2,21)22)12-15(13)27(23,24)19-8-10-25-11-9-19/h4-5,12,18H,3,6-11H2,1-2H3,(H,17,20). The lowest BCUT2D eigenvalue weighted by Gasteiger charge is -2.27. The normalized spacial score (nSPS) is 16.2. The molecule has 0 unspecified atom stereocenters. The van der Waals surface area contributed by atoms with E-state index < -0.39 is 26.0 Å². The van der Waals surface area contributed by atoms with Crippen molar-refractivity contribution >= 4 is 26.0 Å². The minimum atomic E-state index is -3.72. The summed E-state index contributed by atoms with van der Waals surface area (Å²) in [4.78, 5) is 12.4. The summed E-state index contributed by atoms with van der Waals surface area (Å²) >= 11 is 0. The monoisotopic (exact) mass is 419 g/mol. The summed E-state index contributed by atoms with van der Waals surface area (Å²) in [5.74, 6) is -0.466. The van der Waals surface area contributed by atoms with Gasteiger partial charge in [0.1, 0.15) is 0 Å². The number of carbonyl (C=O) groups is 1. The van der Waals surface area contributed by atoms with Crippen molar-refractivity contribution in [1.29, 1.82) is 0 Å². The van der Waals surface area contributed by atoms with Crippen LogP contribution in [0.15, 0.2) is 23.1 Å². The molecule has 2 N–H and O–H groups in total. The number of amides is 1. The molecule has 11 heteroatoms. The lowest BCUT2D eigenvalue weighted by atomic mass is 10.1. The van der Waals surface area contributed by atoms with Crippen LogP contribution in [0.1, 0.15) is 22.8 Å². The molecule has 1 aliphatic rings. The highest BCUT2D eigenvalue weighted by atomic mass is 32.2. The first-order valence-electron chi connectivity index (χ1n) is 8.59. The van der Waals surface area contributed by atoms with Gasteiger partial charge in [-0.3, -0.25) is 4.79 Å². The molecule has 0 aromatic heterocycles.